The monoisotopic (exact) mass is 181 g/mol. The van der Waals surface area contributed by atoms with Gasteiger partial charge in [0.25, 0.3) is 0 Å². The van der Waals surface area contributed by atoms with Crippen LogP contribution in [-0.2, 0) is 4.79 Å². The number of aryl methyl sites for hydroxylation is 1. The molecule has 1 amide bonds. The molecule has 0 aromatic heterocycles. The van der Waals surface area contributed by atoms with Crippen LogP contribution in [0.1, 0.15) is 19.9 Å². The molecule has 0 saturated carbocycles. The van der Waals surface area contributed by atoms with Crippen LogP contribution < -0.4 is 5.32 Å². The van der Waals surface area contributed by atoms with Gasteiger partial charge in [-0.2, -0.15) is 0 Å². The molecule has 72 valence electrons. The molecule has 0 aliphatic carbocycles. The van der Waals surface area contributed by atoms with Crippen molar-refractivity contribution in [1.29, 1.82) is 0 Å². The van der Waals surface area contributed by atoms with E-state index >= 15 is 0 Å². The Morgan fingerprint density at radius 3 is 2.62 bits per heavy atom. The zero-order chi connectivity index (χ0) is 9.14. The Morgan fingerprint density at radius 1 is 1.46 bits per heavy atom. The normalized spacial score (nSPS) is 8.77. The van der Waals surface area contributed by atoms with Crippen LogP contribution in [0.15, 0.2) is 18.2 Å². The van der Waals surface area contributed by atoms with Crippen molar-refractivity contribution < 1.29 is 9.90 Å². The molecule has 3 heteroatoms. The van der Waals surface area contributed by atoms with E-state index in [0.29, 0.717) is 5.69 Å². The molecule has 13 heavy (non-hydrogen) atoms. The number of nitrogens with one attached hydrogen (secondary N) is 1. The standard InChI is InChI=1S/C9H11NO2.CH4/c1-6-3-4-9(12)8(5-6)10-7(2)11;/h3-5,12H,1-2H3,(H,10,11);1H4. The van der Waals surface area contributed by atoms with E-state index < -0.39 is 0 Å². The molecule has 0 saturated heterocycles. The Morgan fingerprint density at radius 2 is 2.08 bits per heavy atom. The molecule has 2 N–H and O–H groups in total. The van der Waals surface area contributed by atoms with E-state index in [2.05, 4.69) is 5.32 Å². The van der Waals surface area contributed by atoms with Crippen molar-refractivity contribution in [2.75, 3.05) is 5.32 Å². The summed E-state index contributed by atoms with van der Waals surface area (Å²) in [5, 5.41) is 11.8. The van der Waals surface area contributed by atoms with E-state index in [0.717, 1.165) is 5.56 Å². The molecule has 0 atom stereocenters. The summed E-state index contributed by atoms with van der Waals surface area (Å²) in [7, 11) is 0. The lowest BCUT2D eigenvalue weighted by atomic mass is 10.2. The van der Waals surface area contributed by atoms with E-state index in [1.165, 1.54) is 6.92 Å². The van der Waals surface area contributed by atoms with Crippen LogP contribution in [0.4, 0.5) is 5.69 Å². The Hall–Kier alpha value is -1.51. The van der Waals surface area contributed by atoms with Gasteiger partial charge in [-0.25, -0.2) is 0 Å². The van der Waals surface area contributed by atoms with Gasteiger partial charge in [0.15, 0.2) is 0 Å². The number of phenols is 1. The van der Waals surface area contributed by atoms with E-state index in [9.17, 15) is 9.90 Å². The minimum atomic E-state index is -0.184. The van der Waals surface area contributed by atoms with Crippen molar-refractivity contribution in [2.45, 2.75) is 21.3 Å². The topological polar surface area (TPSA) is 49.3 Å². The summed E-state index contributed by atoms with van der Waals surface area (Å²) in [6.45, 7) is 3.30. The van der Waals surface area contributed by atoms with E-state index in [1.54, 1.807) is 18.2 Å². The lowest BCUT2D eigenvalue weighted by molar-refractivity contribution is -0.114. The average molecular weight is 181 g/mol. The van der Waals surface area contributed by atoms with Crippen LogP contribution in [-0.4, -0.2) is 11.0 Å². The number of anilines is 1. The summed E-state index contributed by atoms with van der Waals surface area (Å²) in [5.74, 6) is -0.0910. The Bertz CT molecular complexity index is 308. The number of aromatic hydroxyl groups is 1. The number of phenolic OH excluding ortho intramolecular Hbond substituents is 1. The lowest BCUT2D eigenvalue weighted by Gasteiger charge is -2.04. The predicted molar refractivity (Wildman–Crippen MR) is 53.9 cm³/mol. The highest BCUT2D eigenvalue weighted by Gasteiger charge is 2.01. The molecular weight excluding hydrogens is 166 g/mol. The highest BCUT2D eigenvalue weighted by atomic mass is 16.3. The van der Waals surface area contributed by atoms with E-state index in [-0.39, 0.29) is 19.1 Å². The number of carbonyl (C=O) groups is 1. The molecule has 1 aromatic rings. The van der Waals surface area contributed by atoms with Gasteiger partial charge in [0.1, 0.15) is 5.75 Å². The highest BCUT2D eigenvalue weighted by Crippen LogP contribution is 2.23. The number of hydrogen-bond acceptors (Lipinski definition) is 2. The maximum atomic E-state index is 10.7. The molecule has 0 aliphatic heterocycles. The van der Waals surface area contributed by atoms with Gasteiger partial charge >= 0.3 is 0 Å². The smallest absolute Gasteiger partial charge is 0.221 e. The number of amides is 1. The SMILES string of the molecule is C.CC(=O)Nc1cc(C)ccc1O. The molecule has 0 bridgehead atoms. The molecule has 0 aliphatic rings. The Balaban J connectivity index is 0.00000144. The molecule has 0 heterocycles. The first kappa shape index (κ1) is 11.5. The van der Waals surface area contributed by atoms with Gasteiger partial charge in [-0.05, 0) is 24.6 Å². The van der Waals surface area contributed by atoms with E-state index in [1.807, 2.05) is 6.92 Å². The largest absolute Gasteiger partial charge is 0.506 e. The van der Waals surface area contributed by atoms with Gasteiger partial charge in [-0.3, -0.25) is 4.79 Å². The predicted octanol–water partition coefficient (Wildman–Crippen LogP) is 2.30. The third kappa shape index (κ3) is 3.15. The van der Waals surface area contributed by atoms with Crippen molar-refractivity contribution in [3.05, 3.63) is 23.8 Å². The second-order valence-corrected chi connectivity index (χ2v) is 2.70. The van der Waals surface area contributed by atoms with Gasteiger partial charge in [0, 0.05) is 6.92 Å². The fourth-order valence-corrected chi connectivity index (χ4v) is 0.940. The van der Waals surface area contributed by atoms with Crippen LogP contribution in [0.25, 0.3) is 0 Å². The molecule has 1 rings (SSSR count). The zero-order valence-electron chi connectivity index (χ0n) is 7.09. The van der Waals surface area contributed by atoms with Crippen molar-refractivity contribution in [3.63, 3.8) is 0 Å². The van der Waals surface area contributed by atoms with Crippen LogP contribution in [0, 0.1) is 6.92 Å². The lowest BCUT2D eigenvalue weighted by Crippen LogP contribution is -2.05. The first-order valence-electron chi connectivity index (χ1n) is 3.67. The first-order valence-corrected chi connectivity index (χ1v) is 3.67. The summed E-state index contributed by atoms with van der Waals surface area (Å²) >= 11 is 0. The quantitative estimate of drug-likeness (QED) is 0.653. The van der Waals surface area contributed by atoms with Gasteiger partial charge in [0.05, 0.1) is 5.69 Å². The minimum absolute atomic E-state index is 0. The number of rotatable bonds is 1. The van der Waals surface area contributed by atoms with Gasteiger partial charge in [-0.15, -0.1) is 0 Å². The highest BCUT2D eigenvalue weighted by molar-refractivity contribution is 5.90. The molecule has 0 spiro atoms. The summed E-state index contributed by atoms with van der Waals surface area (Å²) < 4.78 is 0. The maximum Gasteiger partial charge on any atom is 0.221 e. The van der Waals surface area contributed by atoms with Crippen LogP contribution in [0.2, 0.25) is 0 Å². The number of benzene rings is 1. The van der Waals surface area contributed by atoms with Crippen molar-refractivity contribution in [2.24, 2.45) is 0 Å². The third-order valence-corrected chi connectivity index (χ3v) is 1.46. The molecular formula is C10H15NO2. The van der Waals surface area contributed by atoms with E-state index in [4.69, 9.17) is 0 Å². The fourth-order valence-electron chi connectivity index (χ4n) is 0.940. The second-order valence-electron chi connectivity index (χ2n) is 2.70. The number of hydrogen-bond donors (Lipinski definition) is 2. The molecule has 1 aromatic carbocycles. The summed E-state index contributed by atoms with van der Waals surface area (Å²) in [6, 6.07) is 5.05. The molecule has 0 unspecified atom stereocenters. The minimum Gasteiger partial charge on any atom is -0.506 e. The van der Waals surface area contributed by atoms with Crippen LogP contribution in [0.5, 0.6) is 5.75 Å². The summed E-state index contributed by atoms with van der Waals surface area (Å²) in [5.41, 5.74) is 1.46. The Kier molecular flexibility index (Phi) is 3.98. The first-order chi connectivity index (χ1) is 5.59. The van der Waals surface area contributed by atoms with Crippen LogP contribution >= 0.6 is 0 Å². The Labute approximate surface area is 78.4 Å². The summed E-state index contributed by atoms with van der Waals surface area (Å²) in [6.07, 6.45) is 0. The van der Waals surface area contributed by atoms with Gasteiger partial charge < -0.3 is 10.4 Å². The summed E-state index contributed by atoms with van der Waals surface area (Å²) in [4.78, 5) is 10.7. The van der Waals surface area contributed by atoms with Gasteiger partial charge in [-0.1, -0.05) is 13.5 Å². The van der Waals surface area contributed by atoms with Crippen molar-refractivity contribution in [1.82, 2.24) is 0 Å². The van der Waals surface area contributed by atoms with Crippen LogP contribution in [0.3, 0.4) is 0 Å². The van der Waals surface area contributed by atoms with Crippen molar-refractivity contribution >= 4 is 11.6 Å². The second kappa shape index (κ2) is 4.50. The van der Waals surface area contributed by atoms with Gasteiger partial charge in [0.2, 0.25) is 5.91 Å². The fraction of sp³-hybridized carbons (Fsp3) is 0.300. The molecule has 3 nitrogen and oxygen atoms in total. The number of carbonyl (C=O) groups excluding carboxylic acids is 1. The zero-order valence-corrected chi connectivity index (χ0v) is 7.09. The maximum absolute atomic E-state index is 10.7. The molecule has 0 radical (unpaired) electrons. The molecule has 0 fully saturated rings. The third-order valence-electron chi connectivity index (χ3n) is 1.46. The van der Waals surface area contributed by atoms with Crippen molar-refractivity contribution in [3.8, 4) is 5.75 Å². The average Bonchev–Trinajstić information content (AvgIpc) is 1.96.